The highest BCUT2D eigenvalue weighted by atomic mass is 16.5. The van der Waals surface area contributed by atoms with Gasteiger partial charge < -0.3 is 15.4 Å². The standard InChI is InChI=1S/C13H22N4O/c1-9(2)13-15-11(14)8-12(16-13)18-7-6-17(3)10-4-5-10/h8-10H,4-7H2,1-3H3,(H2,14,15,16). The second-order valence-corrected chi connectivity index (χ2v) is 5.20. The van der Waals surface area contributed by atoms with Gasteiger partial charge in [-0.05, 0) is 19.9 Å². The fourth-order valence-corrected chi connectivity index (χ4v) is 1.79. The molecule has 1 aliphatic carbocycles. The first-order valence-corrected chi connectivity index (χ1v) is 6.53. The van der Waals surface area contributed by atoms with E-state index in [4.69, 9.17) is 10.5 Å². The number of rotatable bonds is 6. The Hall–Kier alpha value is -1.36. The van der Waals surface area contributed by atoms with Gasteiger partial charge in [-0.25, -0.2) is 4.98 Å². The smallest absolute Gasteiger partial charge is 0.218 e. The van der Waals surface area contributed by atoms with Gasteiger partial charge in [0.2, 0.25) is 5.88 Å². The lowest BCUT2D eigenvalue weighted by atomic mass is 10.2. The van der Waals surface area contributed by atoms with E-state index >= 15 is 0 Å². The number of anilines is 1. The first-order chi connectivity index (χ1) is 8.56. The maximum absolute atomic E-state index is 5.75. The fraction of sp³-hybridized carbons (Fsp3) is 0.692. The molecular formula is C13H22N4O. The molecule has 100 valence electrons. The van der Waals surface area contributed by atoms with Crippen molar-refractivity contribution in [2.45, 2.75) is 38.6 Å². The minimum Gasteiger partial charge on any atom is -0.476 e. The minimum atomic E-state index is 0.255. The molecule has 1 fully saturated rings. The monoisotopic (exact) mass is 250 g/mol. The van der Waals surface area contributed by atoms with E-state index in [1.807, 2.05) is 13.8 Å². The van der Waals surface area contributed by atoms with E-state index < -0.39 is 0 Å². The molecule has 5 heteroatoms. The van der Waals surface area contributed by atoms with Gasteiger partial charge in [-0.15, -0.1) is 0 Å². The summed E-state index contributed by atoms with van der Waals surface area (Å²) < 4.78 is 5.65. The maximum Gasteiger partial charge on any atom is 0.218 e. The highest BCUT2D eigenvalue weighted by Gasteiger charge is 2.25. The van der Waals surface area contributed by atoms with Crippen molar-refractivity contribution in [3.63, 3.8) is 0 Å². The molecule has 0 aromatic carbocycles. The highest BCUT2D eigenvalue weighted by molar-refractivity contribution is 5.33. The molecule has 0 aliphatic heterocycles. The summed E-state index contributed by atoms with van der Waals surface area (Å²) in [5.74, 6) is 2.04. The SMILES string of the molecule is CC(C)c1nc(N)cc(OCCN(C)C2CC2)n1. The predicted octanol–water partition coefficient (Wildman–Crippen LogP) is 1.66. The van der Waals surface area contributed by atoms with Crippen molar-refractivity contribution in [2.24, 2.45) is 0 Å². The van der Waals surface area contributed by atoms with Gasteiger partial charge in [0.25, 0.3) is 0 Å². The number of hydrogen-bond donors (Lipinski definition) is 1. The molecule has 1 saturated carbocycles. The number of likely N-dealkylation sites (N-methyl/N-ethyl adjacent to an activating group) is 1. The summed E-state index contributed by atoms with van der Waals surface area (Å²) in [6.07, 6.45) is 2.63. The van der Waals surface area contributed by atoms with Crippen molar-refractivity contribution >= 4 is 5.82 Å². The van der Waals surface area contributed by atoms with Gasteiger partial charge in [-0.1, -0.05) is 13.8 Å². The van der Waals surface area contributed by atoms with E-state index in [1.54, 1.807) is 6.07 Å². The van der Waals surface area contributed by atoms with Gasteiger partial charge in [0.05, 0.1) is 0 Å². The highest BCUT2D eigenvalue weighted by Crippen LogP contribution is 2.24. The van der Waals surface area contributed by atoms with Crippen LogP contribution in [0.15, 0.2) is 6.07 Å². The molecule has 1 heterocycles. The summed E-state index contributed by atoms with van der Waals surface area (Å²) in [7, 11) is 2.13. The summed E-state index contributed by atoms with van der Waals surface area (Å²) in [4.78, 5) is 10.9. The number of nitrogens with two attached hydrogens (primary N) is 1. The Morgan fingerprint density at radius 1 is 1.44 bits per heavy atom. The zero-order chi connectivity index (χ0) is 13.1. The van der Waals surface area contributed by atoms with Crippen LogP contribution >= 0.6 is 0 Å². The average molecular weight is 250 g/mol. The van der Waals surface area contributed by atoms with Crippen molar-refractivity contribution in [3.05, 3.63) is 11.9 Å². The third-order valence-corrected chi connectivity index (χ3v) is 3.12. The van der Waals surface area contributed by atoms with E-state index in [9.17, 15) is 0 Å². The summed E-state index contributed by atoms with van der Waals surface area (Å²) in [5, 5.41) is 0. The molecule has 1 aromatic rings. The van der Waals surface area contributed by atoms with Gasteiger partial charge in [-0.3, -0.25) is 0 Å². The number of nitrogens with zero attached hydrogens (tertiary/aromatic N) is 3. The second-order valence-electron chi connectivity index (χ2n) is 5.20. The molecule has 18 heavy (non-hydrogen) atoms. The molecule has 0 atom stereocenters. The second kappa shape index (κ2) is 5.52. The molecule has 5 nitrogen and oxygen atoms in total. The molecule has 2 rings (SSSR count). The van der Waals surface area contributed by atoms with Crippen LogP contribution in [0.3, 0.4) is 0 Å². The third kappa shape index (κ3) is 3.57. The van der Waals surface area contributed by atoms with Crippen molar-refractivity contribution < 1.29 is 4.74 Å². The number of ether oxygens (including phenoxy) is 1. The van der Waals surface area contributed by atoms with Gasteiger partial charge in [0.1, 0.15) is 18.2 Å². The molecule has 0 amide bonds. The molecule has 0 radical (unpaired) electrons. The molecule has 0 unspecified atom stereocenters. The Balaban J connectivity index is 1.87. The lowest BCUT2D eigenvalue weighted by Gasteiger charge is -2.16. The van der Waals surface area contributed by atoms with Gasteiger partial charge >= 0.3 is 0 Å². The Bertz CT molecular complexity index is 404. The van der Waals surface area contributed by atoms with Crippen LogP contribution in [0.25, 0.3) is 0 Å². The van der Waals surface area contributed by atoms with Crippen LogP contribution in [0.4, 0.5) is 5.82 Å². The first kappa shape index (κ1) is 13.1. The lowest BCUT2D eigenvalue weighted by molar-refractivity contribution is 0.226. The Kier molecular flexibility index (Phi) is 4.01. The molecule has 0 saturated heterocycles. The minimum absolute atomic E-state index is 0.255. The average Bonchev–Trinajstić information content (AvgIpc) is 3.11. The molecule has 0 spiro atoms. The summed E-state index contributed by atoms with van der Waals surface area (Å²) in [6.45, 7) is 5.64. The first-order valence-electron chi connectivity index (χ1n) is 6.53. The molecule has 0 bridgehead atoms. The number of aromatic nitrogens is 2. The van der Waals surface area contributed by atoms with E-state index in [2.05, 4.69) is 21.9 Å². The molecule has 1 aliphatic rings. The topological polar surface area (TPSA) is 64.3 Å². The lowest BCUT2D eigenvalue weighted by Crippen LogP contribution is -2.26. The van der Waals surface area contributed by atoms with Crippen LogP contribution in [0.5, 0.6) is 5.88 Å². The number of nitrogen functional groups attached to an aromatic ring is 1. The fourth-order valence-electron chi connectivity index (χ4n) is 1.79. The zero-order valence-electron chi connectivity index (χ0n) is 11.4. The molecule has 2 N–H and O–H groups in total. The van der Waals surface area contributed by atoms with Crippen LogP contribution in [0.2, 0.25) is 0 Å². The summed E-state index contributed by atoms with van der Waals surface area (Å²) in [6, 6.07) is 2.44. The zero-order valence-corrected chi connectivity index (χ0v) is 11.4. The third-order valence-electron chi connectivity index (χ3n) is 3.12. The van der Waals surface area contributed by atoms with Crippen LogP contribution in [-0.4, -0.2) is 41.1 Å². The Morgan fingerprint density at radius 2 is 2.17 bits per heavy atom. The van der Waals surface area contributed by atoms with E-state index in [0.717, 1.165) is 18.4 Å². The van der Waals surface area contributed by atoms with Crippen LogP contribution in [0.1, 0.15) is 38.4 Å². The summed E-state index contributed by atoms with van der Waals surface area (Å²) >= 11 is 0. The quantitative estimate of drug-likeness (QED) is 0.831. The van der Waals surface area contributed by atoms with E-state index in [0.29, 0.717) is 18.3 Å². The predicted molar refractivity (Wildman–Crippen MR) is 71.7 cm³/mol. The van der Waals surface area contributed by atoms with Crippen molar-refractivity contribution in [2.75, 3.05) is 25.9 Å². The summed E-state index contributed by atoms with van der Waals surface area (Å²) in [5.41, 5.74) is 5.75. The van der Waals surface area contributed by atoms with Gasteiger partial charge in [0, 0.05) is 24.6 Å². The number of hydrogen-bond acceptors (Lipinski definition) is 5. The van der Waals surface area contributed by atoms with Crippen molar-refractivity contribution in [1.82, 2.24) is 14.9 Å². The molecule has 1 aromatic heterocycles. The van der Waals surface area contributed by atoms with Gasteiger partial charge in [0.15, 0.2) is 0 Å². The Labute approximate surface area is 108 Å². The van der Waals surface area contributed by atoms with Crippen molar-refractivity contribution in [1.29, 1.82) is 0 Å². The van der Waals surface area contributed by atoms with Crippen molar-refractivity contribution in [3.8, 4) is 5.88 Å². The van der Waals surface area contributed by atoms with Crippen LogP contribution in [-0.2, 0) is 0 Å². The normalized spacial score (nSPS) is 15.4. The maximum atomic E-state index is 5.75. The molecular weight excluding hydrogens is 228 g/mol. The van der Waals surface area contributed by atoms with Gasteiger partial charge in [-0.2, -0.15) is 4.98 Å². The van der Waals surface area contributed by atoms with Crippen LogP contribution in [0, 0.1) is 0 Å². The van der Waals surface area contributed by atoms with E-state index in [-0.39, 0.29) is 5.92 Å². The Morgan fingerprint density at radius 3 is 2.78 bits per heavy atom. The van der Waals surface area contributed by atoms with E-state index in [1.165, 1.54) is 12.8 Å². The van der Waals surface area contributed by atoms with Crippen LogP contribution < -0.4 is 10.5 Å². The largest absolute Gasteiger partial charge is 0.476 e.